The lowest BCUT2D eigenvalue weighted by Crippen LogP contribution is -2.34. The monoisotopic (exact) mass is 298 g/mol. The molecule has 0 aromatic rings. The number of hydrogen-bond acceptors (Lipinski definition) is 5. The largest absolute Gasteiger partial charge is 0.480 e. The summed E-state index contributed by atoms with van der Waals surface area (Å²) in [6.45, 7) is 0.714. The molecular weight excluding hydrogens is 280 g/mol. The van der Waals surface area contributed by atoms with Crippen LogP contribution in [-0.4, -0.2) is 50.0 Å². The SMILES string of the molecule is C[S@](=O)CCCCNC(=S)SC[C@@H](N)C(=O)O. The van der Waals surface area contributed by atoms with Crippen LogP contribution in [0.25, 0.3) is 0 Å². The molecule has 0 radical (unpaired) electrons. The fraction of sp³-hybridized carbons (Fsp3) is 0.778. The molecular formula is C9H18N2O3S3. The molecule has 0 rings (SSSR count). The van der Waals surface area contributed by atoms with Crippen LogP contribution in [0.15, 0.2) is 0 Å². The maximum absolute atomic E-state index is 10.8. The number of hydrogen-bond donors (Lipinski definition) is 3. The second-order valence-corrected chi connectivity index (χ2v) is 6.71. The van der Waals surface area contributed by atoms with E-state index in [0.717, 1.165) is 12.8 Å². The van der Waals surface area contributed by atoms with Gasteiger partial charge in [-0.15, -0.1) is 0 Å². The van der Waals surface area contributed by atoms with Crippen LogP contribution < -0.4 is 11.1 Å². The van der Waals surface area contributed by atoms with Gasteiger partial charge in [-0.2, -0.15) is 0 Å². The number of nitrogens with two attached hydrogens (primary N) is 1. The molecule has 0 unspecified atom stereocenters. The second-order valence-electron chi connectivity index (χ2n) is 3.45. The molecule has 4 N–H and O–H groups in total. The number of rotatable bonds is 8. The van der Waals surface area contributed by atoms with E-state index in [1.807, 2.05) is 0 Å². The van der Waals surface area contributed by atoms with Crippen molar-refractivity contribution in [3.8, 4) is 0 Å². The van der Waals surface area contributed by atoms with Crippen LogP contribution in [0, 0.1) is 0 Å². The number of unbranched alkanes of at least 4 members (excludes halogenated alkanes) is 1. The molecule has 0 aliphatic carbocycles. The lowest BCUT2D eigenvalue weighted by atomic mass is 10.3. The summed E-state index contributed by atoms with van der Waals surface area (Å²) in [5.74, 6) is -0.0586. The molecule has 2 atom stereocenters. The highest BCUT2D eigenvalue weighted by Crippen LogP contribution is 2.04. The van der Waals surface area contributed by atoms with E-state index in [2.05, 4.69) is 5.32 Å². The van der Waals surface area contributed by atoms with Gasteiger partial charge in [0.05, 0.1) is 0 Å². The molecule has 100 valence electrons. The minimum atomic E-state index is -1.02. The van der Waals surface area contributed by atoms with Crippen molar-refractivity contribution in [1.82, 2.24) is 5.32 Å². The summed E-state index contributed by atoms with van der Waals surface area (Å²) < 4.78 is 11.3. The normalized spacial score (nSPS) is 14.0. The number of carboxylic acids is 1. The van der Waals surface area contributed by atoms with Crippen LogP contribution in [0.2, 0.25) is 0 Å². The summed E-state index contributed by atoms with van der Waals surface area (Å²) in [5, 5.41) is 11.6. The number of nitrogens with one attached hydrogen (secondary N) is 1. The van der Waals surface area contributed by atoms with Gasteiger partial charge in [0.15, 0.2) is 0 Å². The van der Waals surface area contributed by atoms with Crippen LogP contribution in [-0.2, 0) is 15.6 Å². The quantitative estimate of drug-likeness (QED) is 0.434. The Labute approximate surface area is 113 Å². The van der Waals surface area contributed by atoms with Gasteiger partial charge >= 0.3 is 5.97 Å². The van der Waals surface area contributed by atoms with Crippen LogP contribution in [0.3, 0.4) is 0 Å². The molecule has 0 aromatic carbocycles. The van der Waals surface area contributed by atoms with E-state index in [4.69, 9.17) is 23.1 Å². The maximum Gasteiger partial charge on any atom is 0.321 e. The molecule has 0 saturated heterocycles. The third-order valence-corrected chi connectivity index (χ3v) is 4.13. The lowest BCUT2D eigenvalue weighted by molar-refractivity contribution is -0.137. The number of thioether (sulfide) groups is 1. The first-order valence-corrected chi connectivity index (χ1v) is 8.24. The van der Waals surface area contributed by atoms with Crippen LogP contribution >= 0.6 is 24.0 Å². The Kier molecular flexibility index (Phi) is 9.71. The van der Waals surface area contributed by atoms with Gasteiger partial charge in [-0.3, -0.25) is 9.00 Å². The highest BCUT2D eigenvalue weighted by molar-refractivity contribution is 8.23. The molecule has 0 amide bonds. The number of carbonyl (C=O) groups is 1. The van der Waals surface area contributed by atoms with Crippen molar-refractivity contribution >= 4 is 45.1 Å². The van der Waals surface area contributed by atoms with Gasteiger partial charge in [0.2, 0.25) is 0 Å². The molecule has 17 heavy (non-hydrogen) atoms. The van der Waals surface area contributed by atoms with E-state index in [0.29, 0.717) is 16.6 Å². The zero-order valence-corrected chi connectivity index (χ0v) is 12.1. The first kappa shape index (κ1) is 16.8. The summed E-state index contributed by atoms with van der Waals surface area (Å²) >= 11 is 6.24. The molecule has 0 aromatic heterocycles. The zero-order valence-electron chi connectivity index (χ0n) is 9.68. The van der Waals surface area contributed by atoms with Crippen LogP contribution in [0.1, 0.15) is 12.8 Å². The Morgan fingerprint density at radius 1 is 1.59 bits per heavy atom. The van der Waals surface area contributed by atoms with Crippen molar-refractivity contribution in [3.05, 3.63) is 0 Å². The van der Waals surface area contributed by atoms with Crippen molar-refractivity contribution < 1.29 is 14.1 Å². The van der Waals surface area contributed by atoms with E-state index in [1.54, 1.807) is 6.26 Å². The molecule has 0 fully saturated rings. The first-order chi connectivity index (χ1) is 7.93. The second kappa shape index (κ2) is 9.81. The topological polar surface area (TPSA) is 92.4 Å². The molecule has 0 heterocycles. The van der Waals surface area contributed by atoms with Crippen LogP contribution in [0.4, 0.5) is 0 Å². The summed E-state index contributed by atoms with van der Waals surface area (Å²) in [6, 6.07) is -0.887. The van der Waals surface area contributed by atoms with E-state index in [1.165, 1.54) is 11.8 Å². The molecule has 5 nitrogen and oxygen atoms in total. The molecule has 0 bridgehead atoms. The number of thiocarbonyl (C=S) groups is 1. The Morgan fingerprint density at radius 2 is 2.24 bits per heavy atom. The van der Waals surface area contributed by atoms with Crippen molar-refractivity contribution in [3.63, 3.8) is 0 Å². The zero-order chi connectivity index (χ0) is 13.3. The van der Waals surface area contributed by atoms with Gasteiger partial charge < -0.3 is 16.2 Å². The Hall–Kier alpha value is -0.180. The molecule has 0 aliphatic heterocycles. The summed E-state index contributed by atoms with van der Waals surface area (Å²) in [4.78, 5) is 10.4. The standard InChI is InChI=1S/C9H18N2O3S3/c1-17(14)5-3-2-4-11-9(15)16-6-7(10)8(12)13/h7H,2-6,10H2,1H3,(H,11,15)(H,12,13)/t7-,17+/m1/s1. The highest BCUT2D eigenvalue weighted by atomic mass is 32.2. The molecule has 0 aliphatic rings. The summed E-state index contributed by atoms with van der Waals surface area (Å²) in [6.07, 6.45) is 3.46. The van der Waals surface area contributed by atoms with E-state index >= 15 is 0 Å². The minimum Gasteiger partial charge on any atom is -0.480 e. The Bertz CT molecular complexity index is 287. The number of carboxylic acid groups (broad SMARTS) is 1. The first-order valence-electron chi connectivity index (χ1n) is 5.12. The maximum atomic E-state index is 10.8. The van der Waals surface area contributed by atoms with Gasteiger partial charge in [-0.05, 0) is 12.8 Å². The van der Waals surface area contributed by atoms with Gasteiger partial charge in [0, 0.05) is 35.1 Å². The summed E-state index contributed by atoms with van der Waals surface area (Å²) in [5.41, 5.74) is 5.33. The fourth-order valence-electron chi connectivity index (χ4n) is 0.909. The van der Waals surface area contributed by atoms with E-state index < -0.39 is 22.8 Å². The van der Waals surface area contributed by atoms with Crippen molar-refractivity contribution in [2.75, 3.05) is 24.3 Å². The Balaban J connectivity index is 3.47. The predicted molar refractivity (Wildman–Crippen MR) is 76.8 cm³/mol. The third-order valence-electron chi connectivity index (χ3n) is 1.84. The van der Waals surface area contributed by atoms with Crippen molar-refractivity contribution in [2.45, 2.75) is 18.9 Å². The average molecular weight is 298 g/mol. The van der Waals surface area contributed by atoms with Gasteiger partial charge in [-0.1, -0.05) is 24.0 Å². The van der Waals surface area contributed by atoms with Crippen molar-refractivity contribution in [1.29, 1.82) is 0 Å². The molecule has 8 heteroatoms. The molecule has 0 saturated carbocycles. The van der Waals surface area contributed by atoms with E-state index in [-0.39, 0.29) is 5.75 Å². The average Bonchev–Trinajstić information content (AvgIpc) is 2.24. The smallest absolute Gasteiger partial charge is 0.321 e. The van der Waals surface area contributed by atoms with Gasteiger partial charge in [0.25, 0.3) is 0 Å². The van der Waals surface area contributed by atoms with Gasteiger partial charge in [0.1, 0.15) is 10.4 Å². The minimum absolute atomic E-state index is 0.264. The predicted octanol–water partition coefficient (Wildman–Crippen LogP) is 0.165. The lowest BCUT2D eigenvalue weighted by Gasteiger charge is -2.09. The fourth-order valence-corrected chi connectivity index (χ4v) is 2.50. The Morgan fingerprint density at radius 3 is 2.76 bits per heavy atom. The van der Waals surface area contributed by atoms with Crippen molar-refractivity contribution in [2.24, 2.45) is 5.73 Å². The third kappa shape index (κ3) is 10.7. The summed E-state index contributed by atoms with van der Waals surface area (Å²) in [7, 11) is -0.742. The van der Waals surface area contributed by atoms with Gasteiger partial charge in [-0.25, -0.2) is 0 Å². The van der Waals surface area contributed by atoms with E-state index in [9.17, 15) is 9.00 Å². The molecule has 0 spiro atoms. The van der Waals surface area contributed by atoms with Crippen LogP contribution in [0.5, 0.6) is 0 Å². The highest BCUT2D eigenvalue weighted by Gasteiger charge is 2.12. The number of aliphatic carboxylic acids is 1.